The molecule has 0 radical (unpaired) electrons. The number of fused-ring (bicyclic) bond motifs is 1. The van der Waals surface area contributed by atoms with Gasteiger partial charge in [0.05, 0.1) is 11.1 Å². The minimum Gasteiger partial charge on any atom is -0.465 e. The van der Waals surface area contributed by atoms with Crippen molar-refractivity contribution in [3.63, 3.8) is 0 Å². The molecule has 1 fully saturated rings. The third-order valence-corrected chi connectivity index (χ3v) is 6.31. The third-order valence-electron chi connectivity index (χ3n) is 6.04. The fraction of sp³-hybridized carbons (Fsp3) is 0.391. The fourth-order valence-electron chi connectivity index (χ4n) is 4.40. The van der Waals surface area contributed by atoms with Crippen LogP contribution in [-0.2, 0) is 0 Å². The van der Waals surface area contributed by atoms with Gasteiger partial charge in [-0.25, -0.2) is 23.5 Å². The Hall–Kier alpha value is -3.20. The van der Waals surface area contributed by atoms with Gasteiger partial charge in [0, 0.05) is 25.7 Å². The predicted octanol–water partition coefficient (Wildman–Crippen LogP) is 4.19. The third kappa shape index (κ3) is 4.01. The van der Waals surface area contributed by atoms with Crippen molar-refractivity contribution in [1.82, 2.24) is 19.4 Å². The number of hydrogen-bond donors (Lipinski definition) is 1. The van der Waals surface area contributed by atoms with Gasteiger partial charge in [0.25, 0.3) is 0 Å². The molecule has 0 spiro atoms. The lowest BCUT2D eigenvalue weighted by Crippen LogP contribution is -2.54. The zero-order chi connectivity index (χ0) is 24.0. The average Bonchev–Trinajstić information content (AvgIpc) is 2.75. The summed E-state index contributed by atoms with van der Waals surface area (Å²) >= 11 is 6.05. The highest BCUT2D eigenvalue weighted by Gasteiger charge is 2.30. The number of amides is 1. The molecule has 10 heteroatoms. The summed E-state index contributed by atoms with van der Waals surface area (Å²) in [5.74, 6) is -0.337. The summed E-state index contributed by atoms with van der Waals surface area (Å²) in [6, 6.07) is 6.73. The average molecular weight is 474 g/mol. The Bertz CT molecular complexity index is 1310. The summed E-state index contributed by atoms with van der Waals surface area (Å²) in [5.41, 5.74) is 2.08. The van der Waals surface area contributed by atoms with Gasteiger partial charge in [-0.1, -0.05) is 43.6 Å². The van der Waals surface area contributed by atoms with E-state index in [-0.39, 0.29) is 41.7 Å². The first kappa shape index (κ1) is 23.0. The monoisotopic (exact) mass is 473 g/mol. The summed E-state index contributed by atoms with van der Waals surface area (Å²) in [4.78, 5) is 36.6. The maximum atomic E-state index is 14.6. The number of aryl methyl sites for hydroxylation is 1. The molecule has 1 aliphatic rings. The largest absolute Gasteiger partial charge is 0.465 e. The minimum absolute atomic E-state index is 0.113. The molecular weight excluding hydrogens is 449 g/mol. The van der Waals surface area contributed by atoms with Crippen molar-refractivity contribution in [1.29, 1.82) is 0 Å². The maximum Gasteiger partial charge on any atom is 0.407 e. The second kappa shape index (κ2) is 8.62. The molecule has 1 amide bonds. The van der Waals surface area contributed by atoms with Crippen molar-refractivity contribution in [2.45, 2.75) is 39.7 Å². The van der Waals surface area contributed by atoms with Crippen molar-refractivity contribution in [3.05, 3.63) is 56.8 Å². The number of benzene rings is 1. The molecule has 1 aliphatic heterocycles. The molecule has 0 aliphatic carbocycles. The number of hydrogen-bond acceptors (Lipinski definition) is 5. The normalized spacial score (nSPS) is 16.6. The molecule has 1 atom stereocenters. The van der Waals surface area contributed by atoms with Crippen LogP contribution in [0.25, 0.3) is 16.7 Å². The number of pyridine rings is 1. The number of carbonyl (C=O) groups is 1. The van der Waals surface area contributed by atoms with E-state index in [1.807, 2.05) is 50.8 Å². The summed E-state index contributed by atoms with van der Waals surface area (Å²) in [6.07, 6.45) is -1.00. The first-order chi connectivity index (χ1) is 15.6. The van der Waals surface area contributed by atoms with Crippen molar-refractivity contribution in [2.24, 2.45) is 0 Å². The van der Waals surface area contributed by atoms with Gasteiger partial charge in [0.1, 0.15) is 5.82 Å². The van der Waals surface area contributed by atoms with E-state index in [4.69, 9.17) is 11.6 Å². The number of nitrogens with zero attached hydrogens (tertiary/aromatic N) is 5. The van der Waals surface area contributed by atoms with Crippen LogP contribution in [0.1, 0.15) is 37.8 Å². The molecule has 0 bridgehead atoms. The smallest absolute Gasteiger partial charge is 0.407 e. The van der Waals surface area contributed by atoms with Crippen LogP contribution in [0.2, 0.25) is 5.15 Å². The second-order valence-electron chi connectivity index (χ2n) is 8.62. The number of halogens is 2. The molecule has 0 saturated carbocycles. The van der Waals surface area contributed by atoms with Gasteiger partial charge in [0.2, 0.25) is 0 Å². The quantitative estimate of drug-likeness (QED) is 0.573. The van der Waals surface area contributed by atoms with Crippen LogP contribution in [0.5, 0.6) is 0 Å². The molecule has 1 saturated heterocycles. The second-order valence-corrected chi connectivity index (χ2v) is 8.98. The zero-order valence-corrected chi connectivity index (χ0v) is 19.6. The number of piperazine rings is 1. The van der Waals surface area contributed by atoms with E-state index >= 15 is 0 Å². The van der Waals surface area contributed by atoms with Crippen LogP contribution in [0, 0.1) is 12.7 Å². The highest BCUT2D eigenvalue weighted by molar-refractivity contribution is 6.30. The topological polar surface area (TPSA) is 91.6 Å². The van der Waals surface area contributed by atoms with Crippen molar-refractivity contribution in [3.8, 4) is 5.69 Å². The van der Waals surface area contributed by atoms with Gasteiger partial charge < -0.3 is 14.9 Å². The van der Waals surface area contributed by atoms with E-state index in [1.165, 1.54) is 15.5 Å². The first-order valence-corrected chi connectivity index (χ1v) is 11.1. The lowest BCUT2D eigenvalue weighted by Gasteiger charge is -2.39. The summed E-state index contributed by atoms with van der Waals surface area (Å²) in [6.45, 7) is 8.57. The molecule has 33 heavy (non-hydrogen) atoms. The number of anilines is 1. The van der Waals surface area contributed by atoms with E-state index in [0.29, 0.717) is 17.6 Å². The molecule has 174 valence electrons. The number of rotatable bonds is 3. The number of aromatic nitrogens is 3. The highest BCUT2D eigenvalue weighted by Crippen LogP contribution is 2.32. The maximum absolute atomic E-state index is 14.6. The summed E-state index contributed by atoms with van der Waals surface area (Å²) < 4.78 is 16.0. The Labute approximate surface area is 195 Å². The molecule has 3 aromatic rings. The Morgan fingerprint density at radius 2 is 2.00 bits per heavy atom. The summed E-state index contributed by atoms with van der Waals surface area (Å²) in [5, 5.41) is 9.32. The van der Waals surface area contributed by atoms with Crippen molar-refractivity contribution in [2.75, 3.05) is 24.5 Å². The number of para-hydroxylation sites is 1. The van der Waals surface area contributed by atoms with Gasteiger partial charge >= 0.3 is 11.8 Å². The summed E-state index contributed by atoms with van der Waals surface area (Å²) in [7, 11) is 0. The molecule has 4 rings (SSSR count). The molecule has 1 unspecified atom stereocenters. The van der Waals surface area contributed by atoms with E-state index in [1.54, 1.807) is 0 Å². The van der Waals surface area contributed by atoms with E-state index in [2.05, 4.69) is 9.97 Å². The fourth-order valence-corrected chi connectivity index (χ4v) is 4.54. The Morgan fingerprint density at radius 1 is 1.27 bits per heavy atom. The van der Waals surface area contributed by atoms with Crippen molar-refractivity contribution < 1.29 is 14.3 Å². The van der Waals surface area contributed by atoms with Gasteiger partial charge in [-0.2, -0.15) is 4.98 Å². The van der Waals surface area contributed by atoms with Crippen molar-refractivity contribution >= 4 is 34.5 Å². The molecule has 1 N–H and O–H groups in total. The predicted molar refractivity (Wildman–Crippen MR) is 125 cm³/mol. The van der Waals surface area contributed by atoms with Crippen LogP contribution in [0.3, 0.4) is 0 Å². The van der Waals surface area contributed by atoms with Crippen LogP contribution in [0.15, 0.2) is 29.1 Å². The standard InChI is InChI=1S/C23H25ClFN5O3/c1-12(2)15-7-5-6-13(3)18(15)30-21-16(10-17(25)19(24)26-21)20(27-22(30)31)29-9-8-28(23(32)33)11-14(29)4/h5-7,10,12,14H,8-9,11H2,1-4H3,(H,32,33). The highest BCUT2D eigenvalue weighted by atomic mass is 35.5. The van der Waals surface area contributed by atoms with Crippen LogP contribution in [-0.4, -0.2) is 56.3 Å². The van der Waals surface area contributed by atoms with Gasteiger partial charge in [-0.15, -0.1) is 0 Å². The lowest BCUT2D eigenvalue weighted by molar-refractivity contribution is 0.136. The van der Waals surface area contributed by atoms with Gasteiger partial charge in [-0.05, 0) is 37.0 Å². The van der Waals surface area contributed by atoms with Gasteiger partial charge in [0.15, 0.2) is 16.6 Å². The SMILES string of the molecule is Cc1cccc(C(C)C)c1-n1c(=O)nc(N2CCN(C(=O)O)CC2C)c2cc(F)c(Cl)nc21. The Kier molecular flexibility index (Phi) is 6.00. The Morgan fingerprint density at radius 3 is 2.64 bits per heavy atom. The Balaban J connectivity index is 1.99. The van der Waals surface area contributed by atoms with Crippen LogP contribution >= 0.6 is 11.6 Å². The molecule has 1 aromatic carbocycles. The van der Waals surface area contributed by atoms with E-state index in [9.17, 15) is 19.1 Å². The molecular formula is C23H25ClFN5O3. The number of carboxylic acid groups (broad SMARTS) is 1. The molecule has 3 heterocycles. The van der Waals surface area contributed by atoms with Crippen LogP contribution < -0.4 is 10.6 Å². The van der Waals surface area contributed by atoms with E-state index in [0.717, 1.165) is 11.1 Å². The lowest BCUT2D eigenvalue weighted by atomic mass is 9.98. The van der Waals surface area contributed by atoms with E-state index < -0.39 is 17.6 Å². The molecule has 2 aromatic heterocycles. The first-order valence-electron chi connectivity index (χ1n) is 10.7. The van der Waals surface area contributed by atoms with Crippen LogP contribution in [0.4, 0.5) is 15.0 Å². The van der Waals surface area contributed by atoms with Gasteiger partial charge in [-0.3, -0.25) is 0 Å². The minimum atomic E-state index is -1.00. The molecule has 8 nitrogen and oxygen atoms in total. The zero-order valence-electron chi connectivity index (χ0n) is 18.8.